The van der Waals surface area contributed by atoms with Gasteiger partial charge in [-0.3, -0.25) is 9.59 Å². The number of anilines is 2. The Morgan fingerprint density at radius 2 is 1.86 bits per heavy atom. The van der Waals surface area contributed by atoms with Crippen molar-refractivity contribution in [3.8, 4) is 0 Å². The molecule has 2 aromatic carbocycles. The third kappa shape index (κ3) is 3.61. The Morgan fingerprint density at radius 1 is 1.10 bits per heavy atom. The van der Waals surface area contributed by atoms with E-state index in [0.717, 1.165) is 4.47 Å². The number of hydrogen-bond donors (Lipinski definition) is 3. The molecule has 0 spiro atoms. The predicted molar refractivity (Wildman–Crippen MR) is 86.3 cm³/mol. The summed E-state index contributed by atoms with van der Waals surface area (Å²) in [5.41, 5.74) is 7.58. The summed E-state index contributed by atoms with van der Waals surface area (Å²) in [7, 11) is 1.55. The molecule has 5 nitrogen and oxygen atoms in total. The highest BCUT2D eigenvalue weighted by molar-refractivity contribution is 9.10. The smallest absolute Gasteiger partial charge is 0.257 e. The van der Waals surface area contributed by atoms with Gasteiger partial charge in [-0.15, -0.1) is 0 Å². The van der Waals surface area contributed by atoms with E-state index < -0.39 is 0 Å². The van der Waals surface area contributed by atoms with Gasteiger partial charge in [0.05, 0.1) is 5.56 Å². The lowest BCUT2D eigenvalue weighted by Gasteiger charge is -2.09. The Hall–Kier alpha value is -2.34. The van der Waals surface area contributed by atoms with Crippen molar-refractivity contribution < 1.29 is 9.59 Å². The molecule has 2 rings (SSSR count). The van der Waals surface area contributed by atoms with E-state index in [0.29, 0.717) is 22.5 Å². The molecule has 0 heterocycles. The topological polar surface area (TPSA) is 84.2 Å². The quantitative estimate of drug-likeness (QED) is 0.746. The number of benzene rings is 2. The number of halogens is 1. The average Bonchev–Trinajstić information content (AvgIpc) is 2.46. The van der Waals surface area contributed by atoms with E-state index in [4.69, 9.17) is 5.73 Å². The fourth-order valence-electron chi connectivity index (χ4n) is 1.82. The van der Waals surface area contributed by atoms with Gasteiger partial charge >= 0.3 is 0 Å². The first-order valence-electron chi connectivity index (χ1n) is 6.20. The number of rotatable bonds is 3. The van der Waals surface area contributed by atoms with Gasteiger partial charge in [-0.2, -0.15) is 0 Å². The molecule has 2 amide bonds. The Bertz CT molecular complexity index is 701. The lowest BCUT2D eigenvalue weighted by atomic mass is 10.1. The maximum Gasteiger partial charge on any atom is 0.257 e. The summed E-state index contributed by atoms with van der Waals surface area (Å²) in [4.78, 5) is 23.8. The molecule has 0 aromatic heterocycles. The van der Waals surface area contributed by atoms with Crippen LogP contribution in [-0.4, -0.2) is 18.9 Å². The molecule has 6 heteroatoms. The highest BCUT2D eigenvalue weighted by atomic mass is 79.9. The van der Waals surface area contributed by atoms with E-state index in [1.54, 1.807) is 49.5 Å². The van der Waals surface area contributed by atoms with Gasteiger partial charge in [0.1, 0.15) is 0 Å². The largest absolute Gasteiger partial charge is 0.398 e. The molecule has 0 atom stereocenters. The second kappa shape index (κ2) is 6.41. The van der Waals surface area contributed by atoms with Gasteiger partial charge in [-0.25, -0.2) is 0 Å². The Balaban J connectivity index is 2.21. The van der Waals surface area contributed by atoms with Crippen LogP contribution >= 0.6 is 15.9 Å². The van der Waals surface area contributed by atoms with Crippen LogP contribution < -0.4 is 16.4 Å². The van der Waals surface area contributed by atoms with Crippen LogP contribution in [0.3, 0.4) is 0 Å². The molecule has 0 aliphatic rings. The van der Waals surface area contributed by atoms with E-state index in [-0.39, 0.29) is 11.8 Å². The van der Waals surface area contributed by atoms with Crippen LogP contribution in [0.5, 0.6) is 0 Å². The Morgan fingerprint density at radius 3 is 2.52 bits per heavy atom. The van der Waals surface area contributed by atoms with Gasteiger partial charge in [0.25, 0.3) is 11.8 Å². The number of carbonyl (C=O) groups is 2. The van der Waals surface area contributed by atoms with Crippen molar-refractivity contribution in [1.29, 1.82) is 0 Å². The van der Waals surface area contributed by atoms with Crippen molar-refractivity contribution in [2.45, 2.75) is 0 Å². The van der Waals surface area contributed by atoms with Crippen molar-refractivity contribution in [3.63, 3.8) is 0 Å². The van der Waals surface area contributed by atoms with Crippen molar-refractivity contribution in [3.05, 3.63) is 58.1 Å². The van der Waals surface area contributed by atoms with Crippen molar-refractivity contribution >= 4 is 39.1 Å². The molecule has 0 radical (unpaired) electrons. The number of hydrogen-bond acceptors (Lipinski definition) is 3. The molecular weight excluding hydrogens is 334 g/mol. The molecule has 108 valence electrons. The van der Waals surface area contributed by atoms with E-state index in [9.17, 15) is 9.59 Å². The normalized spacial score (nSPS) is 10.0. The summed E-state index contributed by atoms with van der Waals surface area (Å²) >= 11 is 3.29. The minimum absolute atomic E-state index is 0.214. The van der Waals surface area contributed by atoms with Crippen LogP contribution in [0.15, 0.2) is 46.9 Å². The van der Waals surface area contributed by atoms with Crippen LogP contribution in [0.4, 0.5) is 11.4 Å². The zero-order chi connectivity index (χ0) is 15.4. The van der Waals surface area contributed by atoms with Gasteiger partial charge in [-0.05, 0) is 36.4 Å². The molecule has 4 N–H and O–H groups in total. The Labute approximate surface area is 130 Å². The summed E-state index contributed by atoms with van der Waals surface area (Å²) in [6.45, 7) is 0. The minimum Gasteiger partial charge on any atom is -0.398 e. The first-order valence-corrected chi connectivity index (χ1v) is 6.99. The van der Waals surface area contributed by atoms with Crippen molar-refractivity contribution in [2.24, 2.45) is 0 Å². The molecule has 0 unspecified atom stereocenters. The number of amides is 2. The number of nitrogens with two attached hydrogens (primary N) is 1. The van der Waals surface area contributed by atoms with Gasteiger partial charge in [0.2, 0.25) is 0 Å². The molecule has 0 saturated carbocycles. The van der Waals surface area contributed by atoms with Crippen LogP contribution in [0.25, 0.3) is 0 Å². The summed E-state index contributed by atoms with van der Waals surface area (Å²) < 4.78 is 0.804. The van der Waals surface area contributed by atoms with E-state index in [1.165, 1.54) is 0 Å². The van der Waals surface area contributed by atoms with Crippen LogP contribution in [0.1, 0.15) is 20.7 Å². The van der Waals surface area contributed by atoms with E-state index >= 15 is 0 Å². The second-order valence-corrected chi connectivity index (χ2v) is 5.26. The van der Waals surface area contributed by atoms with Crippen LogP contribution in [-0.2, 0) is 0 Å². The van der Waals surface area contributed by atoms with Crippen molar-refractivity contribution in [2.75, 3.05) is 18.1 Å². The fraction of sp³-hybridized carbons (Fsp3) is 0.0667. The zero-order valence-corrected chi connectivity index (χ0v) is 12.9. The van der Waals surface area contributed by atoms with Gasteiger partial charge in [-0.1, -0.05) is 22.0 Å². The molecule has 2 aromatic rings. The molecular formula is C15H14BrN3O2. The fourth-order valence-corrected chi connectivity index (χ4v) is 2.20. The first-order chi connectivity index (χ1) is 10.0. The van der Waals surface area contributed by atoms with Gasteiger partial charge in [0.15, 0.2) is 0 Å². The molecule has 0 saturated heterocycles. The zero-order valence-electron chi connectivity index (χ0n) is 11.3. The highest BCUT2D eigenvalue weighted by Gasteiger charge is 2.11. The second-order valence-electron chi connectivity index (χ2n) is 4.35. The van der Waals surface area contributed by atoms with E-state index in [2.05, 4.69) is 26.6 Å². The lowest BCUT2D eigenvalue weighted by molar-refractivity contribution is 0.0961. The van der Waals surface area contributed by atoms with Gasteiger partial charge in [0, 0.05) is 28.5 Å². The molecule has 0 bridgehead atoms. The SMILES string of the molecule is CNC(=O)c1cccc(NC(=O)c2ccc(Br)cc2N)c1. The summed E-state index contributed by atoms with van der Waals surface area (Å²) in [5, 5.41) is 5.26. The molecule has 0 aliphatic heterocycles. The highest BCUT2D eigenvalue weighted by Crippen LogP contribution is 2.20. The minimum atomic E-state index is -0.325. The maximum absolute atomic E-state index is 12.2. The summed E-state index contributed by atoms with van der Waals surface area (Å²) in [6, 6.07) is 11.7. The third-order valence-corrected chi connectivity index (χ3v) is 3.36. The standard InChI is InChI=1S/C15H14BrN3O2/c1-18-14(20)9-3-2-4-11(7-9)19-15(21)12-6-5-10(16)8-13(12)17/h2-8H,17H2,1H3,(H,18,20)(H,19,21). The number of carbonyl (C=O) groups excluding carboxylic acids is 2. The molecule has 21 heavy (non-hydrogen) atoms. The van der Waals surface area contributed by atoms with Crippen LogP contribution in [0, 0.1) is 0 Å². The first kappa shape index (κ1) is 15.1. The number of nitrogens with one attached hydrogen (secondary N) is 2. The maximum atomic E-state index is 12.2. The molecule has 0 aliphatic carbocycles. The van der Waals surface area contributed by atoms with E-state index in [1.807, 2.05) is 0 Å². The van der Waals surface area contributed by atoms with Crippen LogP contribution in [0.2, 0.25) is 0 Å². The monoisotopic (exact) mass is 347 g/mol. The summed E-state index contributed by atoms with van der Waals surface area (Å²) in [6.07, 6.45) is 0. The summed E-state index contributed by atoms with van der Waals surface area (Å²) in [5.74, 6) is -0.539. The van der Waals surface area contributed by atoms with Crippen molar-refractivity contribution in [1.82, 2.24) is 5.32 Å². The Kier molecular flexibility index (Phi) is 4.59. The predicted octanol–water partition coefficient (Wildman–Crippen LogP) is 2.64. The molecule has 0 fully saturated rings. The number of nitrogen functional groups attached to an aromatic ring is 1. The third-order valence-electron chi connectivity index (χ3n) is 2.87. The lowest BCUT2D eigenvalue weighted by Crippen LogP contribution is -2.18. The average molecular weight is 348 g/mol. The van der Waals surface area contributed by atoms with Gasteiger partial charge < -0.3 is 16.4 Å².